The first-order valence-electron chi connectivity index (χ1n) is 7.76. The average Bonchev–Trinajstić information content (AvgIpc) is 3.09. The molecular formula is C21H15FN2. The summed E-state index contributed by atoms with van der Waals surface area (Å²) in [7, 11) is 0. The molecule has 0 saturated carbocycles. The van der Waals surface area contributed by atoms with Crippen LogP contribution in [0.5, 0.6) is 0 Å². The van der Waals surface area contributed by atoms with Gasteiger partial charge < -0.3 is 4.57 Å². The van der Waals surface area contributed by atoms with Gasteiger partial charge in [0.25, 0.3) is 0 Å². The Hall–Kier alpha value is -3.20. The van der Waals surface area contributed by atoms with Gasteiger partial charge in [-0.25, -0.2) is 4.39 Å². The summed E-state index contributed by atoms with van der Waals surface area (Å²) in [4.78, 5) is 4.43. The van der Waals surface area contributed by atoms with Crippen LogP contribution in [0, 0.1) is 5.82 Å². The van der Waals surface area contributed by atoms with E-state index in [0.29, 0.717) is 0 Å². The fraction of sp³-hybridized carbons (Fsp3) is 0. The maximum absolute atomic E-state index is 13.0. The topological polar surface area (TPSA) is 17.3 Å². The van der Waals surface area contributed by atoms with E-state index < -0.39 is 0 Å². The summed E-state index contributed by atoms with van der Waals surface area (Å²) in [5, 5.41) is 2.42. The van der Waals surface area contributed by atoms with Crippen molar-refractivity contribution >= 4 is 22.7 Å². The molecule has 2 nitrogen and oxygen atoms in total. The van der Waals surface area contributed by atoms with E-state index in [0.717, 1.165) is 17.1 Å². The molecule has 4 rings (SSSR count). The van der Waals surface area contributed by atoms with Crippen LogP contribution >= 0.6 is 0 Å². The van der Waals surface area contributed by atoms with Crippen molar-refractivity contribution in [3.63, 3.8) is 0 Å². The summed E-state index contributed by atoms with van der Waals surface area (Å²) in [6.45, 7) is 0. The van der Waals surface area contributed by atoms with Gasteiger partial charge in [-0.05, 0) is 59.3 Å². The lowest BCUT2D eigenvalue weighted by atomic mass is 10.1. The van der Waals surface area contributed by atoms with Crippen molar-refractivity contribution in [1.82, 2.24) is 4.57 Å². The molecule has 0 aliphatic rings. The van der Waals surface area contributed by atoms with Gasteiger partial charge in [0.1, 0.15) is 5.82 Å². The Kier molecular flexibility index (Phi) is 3.67. The molecule has 0 fully saturated rings. The zero-order chi connectivity index (χ0) is 16.4. The van der Waals surface area contributed by atoms with Gasteiger partial charge in [-0.3, -0.25) is 4.99 Å². The Morgan fingerprint density at radius 1 is 0.792 bits per heavy atom. The van der Waals surface area contributed by atoms with Crippen molar-refractivity contribution in [2.24, 2.45) is 4.99 Å². The van der Waals surface area contributed by atoms with E-state index >= 15 is 0 Å². The standard InChI is InChI=1S/C21H15FN2/c22-18-8-10-19(11-9-18)23-15-21-6-3-13-24(21)20-12-7-16-4-1-2-5-17(16)14-20/h1-15H. The number of hydrogen-bond acceptors (Lipinski definition) is 1. The van der Waals surface area contributed by atoms with Gasteiger partial charge >= 0.3 is 0 Å². The molecule has 3 aromatic carbocycles. The molecule has 0 aliphatic heterocycles. The van der Waals surface area contributed by atoms with Gasteiger partial charge in [0, 0.05) is 11.9 Å². The first-order valence-corrected chi connectivity index (χ1v) is 7.76. The van der Waals surface area contributed by atoms with Gasteiger partial charge in [-0.15, -0.1) is 0 Å². The second-order valence-electron chi connectivity index (χ2n) is 5.57. The van der Waals surface area contributed by atoms with Crippen LogP contribution < -0.4 is 0 Å². The third kappa shape index (κ3) is 2.84. The number of rotatable bonds is 3. The number of aromatic nitrogens is 1. The lowest BCUT2D eigenvalue weighted by molar-refractivity contribution is 0.628. The van der Waals surface area contributed by atoms with E-state index in [4.69, 9.17) is 0 Å². The van der Waals surface area contributed by atoms with Gasteiger partial charge in [0.2, 0.25) is 0 Å². The van der Waals surface area contributed by atoms with Crippen molar-refractivity contribution in [1.29, 1.82) is 0 Å². The van der Waals surface area contributed by atoms with E-state index in [9.17, 15) is 4.39 Å². The molecule has 4 aromatic rings. The molecule has 0 spiro atoms. The van der Waals surface area contributed by atoms with Crippen LogP contribution in [0.4, 0.5) is 10.1 Å². The van der Waals surface area contributed by atoms with Crippen LogP contribution in [0.1, 0.15) is 5.69 Å². The SMILES string of the molecule is Fc1ccc(N=Cc2cccn2-c2ccc3ccccc3c2)cc1. The number of halogens is 1. The third-order valence-corrected chi connectivity index (χ3v) is 3.96. The molecular weight excluding hydrogens is 299 g/mol. The number of benzene rings is 3. The Morgan fingerprint density at radius 3 is 2.42 bits per heavy atom. The molecule has 1 aromatic heterocycles. The van der Waals surface area contributed by atoms with Crippen LogP contribution in [-0.4, -0.2) is 10.8 Å². The van der Waals surface area contributed by atoms with Crippen molar-refractivity contribution < 1.29 is 4.39 Å². The van der Waals surface area contributed by atoms with E-state index in [-0.39, 0.29) is 5.82 Å². The summed E-state index contributed by atoms with van der Waals surface area (Å²) in [6, 6.07) is 24.8. The highest BCUT2D eigenvalue weighted by molar-refractivity contribution is 5.86. The number of aliphatic imine (C=N–C) groups is 1. The monoisotopic (exact) mass is 314 g/mol. The maximum atomic E-state index is 13.0. The molecule has 0 N–H and O–H groups in total. The van der Waals surface area contributed by atoms with Crippen LogP contribution in [0.3, 0.4) is 0 Å². The summed E-state index contributed by atoms with van der Waals surface area (Å²) in [6.07, 6.45) is 3.80. The van der Waals surface area contributed by atoms with E-state index in [1.165, 1.54) is 22.9 Å². The fourth-order valence-electron chi connectivity index (χ4n) is 2.73. The van der Waals surface area contributed by atoms with Gasteiger partial charge in [-0.1, -0.05) is 30.3 Å². The van der Waals surface area contributed by atoms with Crippen molar-refractivity contribution in [2.75, 3.05) is 0 Å². The summed E-state index contributed by atoms with van der Waals surface area (Å²) >= 11 is 0. The molecule has 0 atom stereocenters. The minimum absolute atomic E-state index is 0.256. The second-order valence-corrected chi connectivity index (χ2v) is 5.57. The van der Waals surface area contributed by atoms with Crippen LogP contribution in [0.25, 0.3) is 16.5 Å². The lowest BCUT2D eigenvalue weighted by Crippen LogP contribution is -1.97. The molecule has 0 aliphatic carbocycles. The number of nitrogens with zero attached hydrogens (tertiary/aromatic N) is 2. The van der Waals surface area contributed by atoms with Crippen LogP contribution in [-0.2, 0) is 0 Å². The van der Waals surface area contributed by atoms with Crippen molar-refractivity contribution in [3.05, 3.63) is 96.6 Å². The normalized spacial score (nSPS) is 11.4. The average molecular weight is 314 g/mol. The molecule has 1 heterocycles. The molecule has 0 saturated heterocycles. The lowest BCUT2D eigenvalue weighted by Gasteiger charge is -2.08. The molecule has 116 valence electrons. The molecule has 3 heteroatoms. The largest absolute Gasteiger partial charge is 0.316 e. The predicted octanol–water partition coefficient (Wildman–Crippen LogP) is 5.52. The zero-order valence-electron chi connectivity index (χ0n) is 12.9. The number of hydrogen-bond donors (Lipinski definition) is 0. The molecule has 0 unspecified atom stereocenters. The maximum Gasteiger partial charge on any atom is 0.123 e. The van der Waals surface area contributed by atoms with Crippen LogP contribution in [0.15, 0.2) is 90.1 Å². The Balaban J connectivity index is 1.69. The Labute approximate surface area is 139 Å². The van der Waals surface area contributed by atoms with E-state index in [1.54, 1.807) is 18.3 Å². The predicted molar refractivity (Wildman–Crippen MR) is 96.9 cm³/mol. The zero-order valence-corrected chi connectivity index (χ0v) is 12.9. The van der Waals surface area contributed by atoms with Gasteiger partial charge in [0.15, 0.2) is 0 Å². The van der Waals surface area contributed by atoms with E-state index in [2.05, 4.69) is 39.9 Å². The first-order chi connectivity index (χ1) is 11.8. The summed E-state index contributed by atoms with van der Waals surface area (Å²) in [5.74, 6) is -0.256. The molecule has 0 amide bonds. The Morgan fingerprint density at radius 2 is 1.58 bits per heavy atom. The summed E-state index contributed by atoms with van der Waals surface area (Å²) < 4.78 is 15.0. The molecule has 24 heavy (non-hydrogen) atoms. The molecule has 0 bridgehead atoms. The highest BCUT2D eigenvalue weighted by Gasteiger charge is 2.02. The first kappa shape index (κ1) is 14.4. The van der Waals surface area contributed by atoms with Crippen molar-refractivity contribution in [3.8, 4) is 5.69 Å². The van der Waals surface area contributed by atoms with Gasteiger partial charge in [-0.2, -0.15) is 0 Å². The summed E-state index contributed by atoms with van der Waals surface area (Å²) in [5.41, 5.74) is 2.77. The number of fused-ring (bicyclic) bond motifs is 1. The Bertz CT molecular complexity index is 1010. The van der Waals surface area contributed by atoms with E-state index in [1.807, 2.05) is 30.5 Å². The smallest absolute Gasteiger partial charge is 0.123 e. The van der Waals surface area contributed by atoms with Gasteiger partial charge in [0.05, 0.1) is 17.6 Å². The minimum atomic E-state index is -0.256. The fourth-order valence-corrected chi connectivity index (χ4v) is 2.73. The minimum Gasteiger partial charge on any atom is -0.316 e. The quantitative estimate of drug-likeness (QED) is 0.443. The van der Waals surface area contributed by atoms with Crippen LogP contribution in [0.2, 0.25) is 0 Å². The highest BCUT2D eigenvalue weighted by Crippen LogP contribution is 2.20. The molecule has 0 radical (unpaired) electrons. The highest BCUT2D eigenvalue weighted by atomic mass is 19.1. The second kappa shape index (κ2) is 6.13. The third-order valence-electron chi connectivity index (χ3n) is 3.96. The van der Waals surface area contributed by atoms with Crippen molar-refractivity contribution in [2.45, 2.75) is 0 Å².